The number of likely N-dealkylation sites (N-methyl/N-ethyl adjacent to an activating group) is 1. The average molecular weight is 245 g/mol. The maximum Gasteiger partial charge on any atom is 0.341 e. The molecule has 5 nitrogen and oxygen atoms in total. The number of hydrogen-bond donors (Lipinski definition) is 1. The van der Waals surface area contributed by atoms with Gasteiger partial charge in [-0.3, -0.25) is 0 Å². The van der Waals surface area contributed by atoms with Crippen molar-refractivity contribution in [2.45, 2.75) is 0 Å². The third-order valence-electron chi connectivity index (χ3n) is 1.83. The summed E-state index contributed by atoms with van der Waals surface area (Å²) < 4.78 is 5.27. The van der Waals surface area contributed by atoms with Crippen LogP contribution in [0.4, 0.5) is 0 Å². The average Bonchev–Trinajstić information content (AvgIpc) is 2.16. The van der Waals surface area contributed by atoms with Crippen LogP contribution < -0.4 is 4.74 Å². The summed E-state index contributed by atoms with van der Waals surface area (Å²) in [7, 11) is 3.79. The number of halogens is 1. The maximum absolute atomic E-state index is 10.9. The minimum Gasteiger partial charge on any atom is -0.477 e. The minimum absolute atomic E-state index is 0.0168. The second-order valence-electron chi connectivity index (χ2n) is 3.44. The Labute approximate surface area is 98.6 Å². The largest absolute Gasteiger partial charge is 0.477 e. The highest BCUT2D eigenvalue weighted by Crippen LogP contribution is 2.18. The number of carbonyl (C=O) groups is 1. The van der Waals surface area contributed by atoms with E-state index in [-0.39, 0.29) is 16.6 Å². The van der Waals surface area contributed by atoms with Gasteiger partial charge < -0.3 is 14.7 Å². The molecule has 1 heterocycles. The fourth-order valence-electron chi connectivity index (χ4n) is 1.02. The summed E-state index contributed by atoms with van der Waals surface area (Å²) in [5.74, 6) is -1.02. The van der Waals surface area contributed by atoms with E-state index in [1.54, 1.807) is 0 Å². The number of ether oxygens (including phenoxy) is 1. The van der Waals surface area contributed by atoms with Crippen LogP contribution in [0, 0.1) is 0 Å². The van der Waals surface area contributed by atoms with E-state index in [0.717, 1.165) is 0 Å². The number of pyridine rings is 1. The van der Waals surface area contributed by atoms with Gasteiger partial charge in [-0.2, -0.15) is 0 Å². The molecule has 6 heteroatoms. The fraction of sp³-hybridized carbons (Fsp3) is 0.400. The molecular weight excluding hydrogens is 232 g/mol. The number of rotatable bonds is 5. The van der Waals surface area contributed by atoms with Crippen molar-refractivity contribution in [3.8, 4) is 5.88 Å². The zero-order valence-corrected chi connectivity index (χ0v) is 9.86. The van der Waals surface area contributed by atoms with E-state index in [4.69, 9.17) is 21.4 Å². The molecule has 0 radical (unpaired) electrons. The van der Waals surface area contributed by atoms with Gasteiger partial charge in [-0.05, 0) is 26.2 Å². The maximum atomic E-state index is 10.9. The van der Waals surface area contributed by atoms with E-state index in [1.807, 2.05) is 19.0 Å². The Hall–Kier alpha value is -1.33. The Morgan fingerprint density at radius 2 is 2.25 bits per heavy atom. The first-order valence-corrected chi connectivity index (χ1v) is 5.06. The van der Waals surface area contributed by atoms with E-state index in [0.29, 0.717) is 13.2 Å². The Kier molecular flexibility index (Phi) is 4.52. The Balaban J connectivity index is 2.76. The molecule has 0 saturated heterocycles. The number of nitrogens with zero attached hydrogens (tertiary/aromatic N) is 2. The lowest BCUT2D eigenvalue weighted by atomic mass is 10.3. The van der Waals surface area contributed by atoms with Crippen LogP contribution in [0.5, 0.6) is 5.88 Å². The van der Waals surface area contributed by atoms with E-state index >= 15 is 0 Å². The smallest absolute Gasteiger partial charge is 0.341 e. The van der Waals surface area contributed by atoms with Crippen molar-refractivity contribution >= 4 is 17.6 Å². The molecule has 0 bridgehead atoms. The summed E-state index contributed by atoms with van der Waals surface area (Å²) >= 11 is 5.67. The molecule has 0 atom stereocenters. The molecule has 1 rings (SSSR count). The van der Waals surface area contributed by atoms with Crippen LogP contribution in [0.2, 0.25) is 5.15 Å². The molecule has 0 saturated carbocycles. The van der Waals surface area contributed by atoms with Gasteiger partial charge in [0.05, 0.1) is 0 Å². The van der Waals surface area contributed by atoms with Crippen LogP contribution in [0.3, 0.4) is 0 Å². The van der Waals surface area contributed by atoms with Gasteiger partial charge in [0.1, 0.15) is 17.3 Å². The normalized spacial score (nSPS) is 10.5. The van der Waals surface area contributed by atoms with Gasteiger partial charge in [-0.15, -0.1) is 0 Å². The van der Waals surface area contributed by atoms with Crippen LogP contribution in [0.25, 0.3) is 0 Å². The molecule has 0 spiro atoms. The van der Waals surface area contributed by atoms with Gasteiger partial charge in [-0.25, -0.2) is 9.78 Å². The molecule has 0 aliphatic heterocycles. The van der Waals surface area contributed by atoms with Crippen LogP contribution in [0.15, 0.2) is 12.1 Å². The van der Waals surface area contributed by atoms with Crippen molar-refractivity contribution in [2.24, 2.45) is 0 Å². The number of aromatic nitrogens is 1. The van der Waals surface area contributed by atoms with Gasteiger partial charge in [0, 0.05) is 6.54 Å². The highest BCUT2D eigenvalue weighted by atomic mass is 35.5. The van der Waals surface area contributed by atoms with Gasteiger partial charge in [0.2, 0.25) is 5.88 Å². The number of carboxylic acid groups (broad SMARTS) is 1. The molecule has 16 heavy (non-hydrogen) atoms. The quantitative estimate of drug-likeness (QED) is 0.793. The zero-order valence-electron chi connectivity index (χ0n) is 9.11. The Bertz CT molecular complexity index is 382. The molecule has 0 aliphatic rings. The molecule has 0 aromatic carbocycles. The van der Waals surface area contributed by atoms with Crippen molar-refractivity contribution in [3.05, 3.63) is 22.8 Å². The third-order valence-corrected chi connectivity index (χ3v) is 2.04. The summed E-state index contributed by atoms with van der Waals surface area (Å²) in [5, 5.41) is 9.10. The predicted octanol–water partition coefficient (Wildman–Crippen LogP) is 1.37. The third kappa shape index (κ3) is 3.67. The van der Waals surface area contributed by atoms with Crippen molar-refractivity contribution in [1.29, 1.82) is 0 Å². The first-order valence-electron chi connectivity index (χ1n) is 4.68. The van der Waals surface area contributed by atoms with E-state index in [9.17, 15) is 4.79 Å². The fourth-order valence-corrected chi connectivity index (χ4v) is 1.16. The molecule has 0 amide bonds. The standard InChI is InChI=1S/C10H13ClN2O3/c1-13(2)5-6-16-9-7(10(14)15)3-4-8(11)12-9/h3-4H,5-6H2,1-2H3,(H,14,15). The second kappa shape index (κ2) is 5.67. The van der Waals surface area contributed by atoms with Crippen LogP contribution in [0.1, 0.15) is 10.4 Å². The highest BCUT2D eigenvalue weighted by molar-refractivity contribution is 6.29. The first-order chi connectivity index (χ1) is 7.50. The summed E-state index contributed by atoms with van der Waals surface area (Å²) in [6.07, 6.45) is 0. The molecule has 0 fully saturated rings. The van der Waals surface area contributed by atoms with Gasteiger partial charge in [0.15, 0.2) is 0 Å². The second-order valence-corrected chi connectivity index (χ2v) is 3.83. The van der Waals surface area contributed by atoms with Gasteiger partial charge in [-0.1, -0.05) is 11.6 Å². The Morgan fingerprint density at radius 3 is 2.81 bits per heavy atom. The van der Waals surface area contributed by atoms with Crippen LogP contribution in [-0.2, 0) is 0 Å². The first kappa shape index (κ1) is 12.7. The molecule has 1 aromatic heterocycles. The minimum atomic E-state index is -1.08. The summed E-state index contributed by atoms with van der Waals surface area (Å²) in [4.78, 5) is 16.6. The molecule has 0 aliphatic carbocycles. The highest BCUT2D eigenvalue weighted by Gasteiger charge is 2.13. The topological polar surface area (TPSA) is 62.7 Å². The summed E-state index contributed by atoms with van der Waals surface area (Å²) in [6, 6.07) is 2.80. The van der Waals surface area contributed by atoms with E-state index < -0.39 is 5.97 Å². The molecule has 88 valence electrons. The molecule has 1 N–H and O–H groups in total. The summed E-state index contributed by atoms with van der Waals surface area (Å²) in [6.45, 7) is 1.04. The van der Waals surface area contributed by atoms with Crippen molar-refractivity contribution < 1.29 is 14.6 Å². The van der Waals surface area contributed by atoms with Gasteiger partial charge >= 0.3 is 5.97 Å². The van der Waals surface area contributed by atoms with Crippen molar-refractivity contribution in [1.82, 2.24) is 9.88 Å². The van der Waals surface area contributed by atoms with Crippen LogP contribution >= 0.6 is 11.6 Å². The van der Waals surface area contributed by atoms with Crippen LogP contribution in [-0.4, -0.2) is 48.2 Å². The van der Waals surface area contributed by atoms with Crippen molar-refractivity contribution in [3.63, 3.8) is 0 Å². The molecule has 1 aromatic rings. The lowest BCUT2D eigenvalue weighted by molar-refractivity contribution is 0.0691. The molecule has 0 unspecified atom stereocenters. The zero-order chi connectivity index (χ0) is 12.1. The monoisotopic (exact) mass is 244 g/mol. The van der Waals surface area contributed by atoms with Gasteiger partial charge in [0.25, 0.3) is 0 Å². The van der Waals surface area contributed by atoms with E-state index in [2.05, 4.69) is 4.98 Å². The number of hydrogen-bond acceptors (Lipinski definition) is 4. The van der Waals surface area contributed by atoms with Crippen molar-refractivity contribution in [2.75, 3.05) is 27.2 Å². The van der Waals surface area contributed by atoms with E-state index in [1.165, 1.54) is 12.1 Å². The number of aromatic carboxylic acids is 1. The predicted molar refractivity (Wildman–Crippen MR) is 60.3 cm³/mol. The summed E-state index contributed by atoms with van der Waals surface area (Å²) in [5.41, 5.74) is 0.0168. The number of carboxylic acids is 1. The Morgan fingerprint density at radius 1 is 1.56 bits per heavy atom. The molecular formula is C10H13ClN2O3. The lowest BCUT2D eigenvalue weighted by Crippen LogP contribution is -2.20. The lowest BCUT2D eigenvalue weighted by Gasteiger charge is -2.11. The SMILES string of the molecule is CN(C)CCOc1nc(Cl)ccc1C(=O)O.